The van der Waals surface area contributed by atoms with Crippen LogP contribution in [0.4, 0.5) is 5.82 Å². The van der Waals surface area contributed by atoms with E-state index in [1.54, 1.807) is 12.1 Å². The lowest BCUT2D eigenvalue weighted by Gasteiger charge is -2.21. The molecular formula is C11H10ClN3O3. The summed E-state index contributed by atoms with van der Waals surface area (Å²) in [5.74, 6) is 1.09. The molecule has 0 fully saturated rings. The number of anilines is 1. The van der Waals surface area contributed by atoms with E-state index in [9.17, 15) is 5.11 Å². The predicted octanol–water partition coefficient (Wildman–Crippen LogP) is 1.79. The number of nitrogens with zero attached hydrogens (tertiary/aromatic N) is 1. The van der Waals surface area contributed by atoms with Gasteiger partial charge in [0.15, 0.2) is 11.5 Å². The number of benzene rings is 1. The summed E-state index contributed by atoms with van der Waals surface area (Å²) in [6.07, 6.45) is 0. The molecule has 1 aromatic carbocycles. The fourth-order valence-corrected chi connectivity index (χ4v) is 2.07. The number of fused-ring (bicyclic) bond motifs is 1. The minimum atomic E-state index is -0.0930. The van der Waals surface area contributed by atoms with Crippen molar-refractivity contribution < 1.29 is 14.6 Å². The molecule has 2 heterocycles. The number of nitrogens with two attached hydrogens (primary N) is 1. The Bertz CT molecular complexity index is 612. The number of hydrogen-bond acceptors (Lipinski definition) is 5. The Morgan fingerprint density at radius 2 is 2.11 bits per heavy atom. The number of halogens is 1. The van der Waals surface area contributed by atoms with Crippen molar-refractivity contribution in [1.82, 2.24) is 10.2 Å². The summed E-state index contributed by atoms with van der Waals surface area (Å²) >= 11 is 6.05. The number of aromatic nitrogens is 2. The molecule has 0 amide bonds. The molecule has 1 aliphatic heterocycles. The first-order valence-corrected chi connectivity index (χ1v) is 5.67. The standard InChI is InChI=1S/C11H10ClN3O3/c12-9-10(16)5(6-4-8(13)15-14-6)3-7-11(9)18-2-1-17-7/h3-4,16H,1-2H2,(H3,13,14,15). The Balaban J connectivity index is 2.18. The summed E-state index contributed by atoms with van der Waals surface area (Å²) in [7, 11) is 0. The van der Waals surface area contributed by atoms with E-state index < -0.39 is 0 Å². The summed E-state index contributed by atoms with van der Waals surface area (Å²) in [5.41, 5.74) is 6.55. The fraction of sp³-hybridized carbons (Fsp3) is 0.182. The minimum Gasteiger partial charge on any atom is -0.506 e. The van der Waals surface area contributed by atoms with Crippen LogP contribution in [-0.4, -0.2) is 28.5 Å². The zero-order valence-corrected chi connectivity index (χ0v) is 9.99. The quantitative estimate of drug-likeness (QED) is 0.732. The number of phenols is 1. The third-order valence-corrected chi connectivity index (χ3v) is 2.99. The number of aromatic amines is 1. The first-order chi connectivity index (χ1) is 8.66. The van der Waals surface area contributed by atoms with Crippen LogP contribution in [0.15, 0.2) is 12.1 Å². The maximum Gasteiger partial charge on any atom is 0.183 e. The molecule has 0 unspecified atom stereocenters. The van der Waals surface area contributed by atoms with Gasteiger partial charge in [0.2, 0.25) is 0 Å². The van der Waals surface area contributed by atoms with E-state index in [0.717, 1.165) is 0 Å². The van der Waals surface area contributed by atoms with E-state index in [4.69, 9.17) is 26.8 Å². The zero-order valence-electron chi connectivity index (χ0n) is 9.24. The highest BCUT2D eigenvalue weighted by atomic mass is 35.5. The molecule has 0 atom stereocenters. The van der Waals surface area contributed by atoms with Gasteiger partial charge in [-0.05, 0) is 6.07 Å². The van der Waals surface area contributed by atoms with Crippen LogP contribution in [0.1, 0.15) is 0 Å². The lowest BCUT2D eigenvalue weighted by molar-refractivity contribution is 0.171. The number of nitrogens with one attached hydrogen (secondary N) is 1. The average molecular weight is 268 g/mol. The van der Waals surface area contributed by atoms with Crippen LogP contribution in [0.25, 0.3) is 11.3 Å². The Morgan fingerprint density at radius 3 is 2.83 bits per heavy atom. The number of ether oxygens (including phenoxy) is 2. The molecule has 1 aromatic heterocycles. The van der Waals surface area contributed by atoms with Gasteiger partial charge >= 0.3 is 0 Å². The van der Waals surface area contributed by atoms with Gasteiger partial charge in [0.25, 0.3) is 0 Å². The first kappa shape index (κ1) is 11.0. The second-order valence-corrected chi connectivity index (χ2v) is 4.20. The SMILES string of the molecule is Nc1cc(-c2cc3c(c(Cl)c2O)OCCO3)[nH]n1. The van der Waals surface area contributed by atoms with E-state index in [2.05, 4.69) is 10.2 Å². The normalized spacial score (nSPS) is 13.6. The molecule has 7 heteroatoms. The fourth-order valence-electron chi connectivity index (χ4n) is 1.82. The van der Waals surface area contributed by atoms with Gasteiger partial charge in [-0.25, -0.2) is 0 Å². The molecule has 18 heavy (non-hydrogen) atoms. The smallest absolute Gasteiger partial charge is 0.183 e. The molecule has 4 N–H and O–H groups in total. The lowest BCUT2D eigenvalue weighted by atomic mass is 10.1. The van der Waals surface area contributed by atoms with Crippen LogP contribution in [0.5, 0.6) is 17.2 Å². The summed E-state index contributed by atoms with van der Waals surface area (Å²) in [5, 5.41) is 16.7. The van der Waals surface area contributed by atoms with E-state index in [1.807, 2.05) is 0 Å². The number of aromatic hydroxyl groups is 1. The van der Waals surface area contributed by atoms with Crippen molar-refractivity contribution in [2.45, 2.75) is 0 Å². The highest BCUT2D eigenvalue weighted by molar-refractivity contribution is 6.34. The molecule has 2 aromatic rings. The van der Waals surface area contributed by atoms with Crippen LogP contribution in [-0.2, 0) is 0 Å². The van der Waals surface area contributed by atoms with Crippen molar-refractivity contribution in [3.05, 3.63) is 17.2 Å². The third-order valence-electron chi connectivity index (χ3n) is 2.64. The Kier molecular flexibility index (Phi) is 2.45. The van der Waals surface area contributed by atoms with Gasteiger partial charge in [0.1, 0.15) is 29.8 Å². The molecule has 0 spiro atoms. The summed E-state index contributed by atoms with van der Waals surface area (Å²) < 4.78 is 10.8. The van der Waals surface area contributed by atoms with Gasteiger partial charge in [-0.15, -0.1) is 0 Å². The van der Waals surface area contributed by atoms with Crippen LogP contribution < -0.4 is 15.2 Å². The maximum absolute atomic E-state index is 10.1. The van der Waals surface area contributed by atoms with Crippen LogP contribution >= 0.6 is 11.6 Å². The molecule has 0 aliphatic carbocycles. The van der Waals surface area contributed by atoms with Crippen LogP contribution in [0.2, 0.25) is 5.02 Å². The lowest BCUT2D eigenvalue weighted by Crippen LogP contribution is -2.15. The Hall–Kier alpha value is -2.08. The number of hydrogen-bond donors (Lipinski definition) is 3. The average Bonchev–Trinajstić information content (AvgIpc) is 2.80. The van der Waals surface area contributed by atoms with E-state index in [-0.39, 0.29) is 10.8 Å². The first-order valence-electron chi connectivity index (χ1n) is 5.29. The van der Waals surface area contributed by atoms with Gasteiger partial charge < -0.3 is 20.3 Å². The summed E-state index contributed by atoms with van der Waals surface area (Å²) in [4.78, 5) is 0. The van der Waals surface area contributed by atoms with Crippen LogP contribution in [0, 0.1) is 0 Å². The molecule has 3 rings (SSSR count). The summed E-state index contributed by atoms with van der Waals surface area (Å²) in [6.45, 7) is 0.848. The van der Waals surface area contributed by atoms with Crippen molar-refractivity contribution in [1.29, 1.82) is 0 Å². The van der Waals surface area contributed by atoms with Gasteiger partial charge in [0.05, 0.1) is 5.69 Å². The zero-order chi connectivity index (χ0) is 12.7. The maximum atomic E-state index is 10.1. The monoisotopic (exact) mass is 267 g/mol. The van der Waals surface area contributed by atoms with Gasteiger partial charge in [0, 0.05) is 11.6 Å². The Morgan fingerprint density at radius 1 is 1.33 bits per heavy atom. The molecule has 0 saturated heterocycles. The van der Waals surface area contributed by atoms with Crippen molar-refractivity contribution in [2.24, 2.45) is 0 Å². The Labute approximate surface area is 107 Å². The van der Waals surface area contributed by atoms with Gasteiger partial charge in [-0.2, -0.15) is 5.10 Å². The van der Waals surface area contributed by atoms with E-state index in [0.29, 0.717) is 41.8 Å². The molecule has 6 nitrogen and oxygen atoms in total. The number of nitrogen functional groups attached to an aromatic ring is 1. The highest BCUT2D eigenvalue weighted by Gasteiger charge is 2.23. The molecule has 0 bridgehead atoms. The second-order valence-electron chi connectivity index (χ2n) is 3.82. The molecular weight excluding hydrogens is 258 g/mol. The van der Waals surface area contributed by atoms with Gasteiger partial charge in [-0.3, -0.25) is 5.10 Å². The predicted molar refractivity (Wildman–Crippen MR) is 66.1 cm³/mol. The highest BCUT2D eigenvalue weighted by Crippen LogP contribution is 2.47. The van der Waals surface area contributed by atoms with Crippen molar-refractivity contribution in [2.75, 3.05) is 18.9 Å². The largest absolute Gasteiger partial charge is 0.506 e. The number of phenolic OH excluding ortho intramolecular Hbond substituents is 1. The van der Waals surface area contributed by atoms with Crippen LogP contribution in [0.3, 0.4) is 0 Å². The van der Waals surface area contributed by atoms with E-state index in [1.165, 1.54) is 0 Å². The minimum absolute atomic E-state index is 0.0930. The summed E-state index contributed by atoms with van der Waals surface area (Å²) in [6, 6.07) is 3.24. The number of H-pyrrole nitrogens is 1. The van der Waals surface area contributed by atoms with E-state index >= 15 is 0 Å². The third kappa shape index (κ3) is 1.62. The molecule has 0 saturated carbocycles. The molecule has 0 radical (unpaired) electrons. The second kappa shape index (κ2) is 3.99. The van der Waals surface area contributed by atoms with Crippen molar-refractivity contribution in [3.63, 3.8) is 0 Å². The van der Waals surface area contributed by atoms with Crippen molar-refractivity contribution in [3.8, 4) is 28.5 Å². The topological polar surface area (TPSA) is 93.4 Å². The molecule has 1 aliphatic rings. The molecule has 94 valence electrons. The van der Waals surface area contributed by atoms with Gasteiger partial charge in [-0.1, -0.05) is 11.6 Å². The number of rotatable bonds is 1. The van der Waals surface area contributed by atoms with Crippen molar-refractivity contribution >= 4 is 17.4 Å².